The number of thiocarbonyl (C=S) groups is 1. The number of hydrogen-bond acceptors (Lipinski definition) is 8. The predicted octanol–water partition coefficient (Wildman–Crippen LogP) is 4.03. The molecule has 1 saturated heterocycles. The first-order valence-electron chi connectivity index (χ1n) is 13.0. The van der Waals surface area contributed by atoms with Crippen molar-refractivity contribution in [2.24, 2.45) is 0 Å². The lowest BCUT2D eigenvalue weighted by Crippen LogP contribution is -2.44. The van der Waals surface area contributed by atoms with E-state index in [2.05, 4.69) is 10.6 Å². The lowest BCUT2D eigenvalue weighted by Gasteiger charge is -2.36. The zero-order valence-corrected chi connectivity index (χ0v) is 22.7. The van der Waals surface area contributed by atoms with Crippen LogP contribution in [0.5, 0.6) is 23.0 Å². The highest BCUT2D eigenvalue weighted by Gasteiger charge is 2.53. The molecule has 1 fully saturated rings. The van der Waals surface area contributed by atoms with Gasteiger partial charge in [-0.05, 0) is 68.9 Å². The van der Waals surface area contributed by atoms with Crippen LogP contribution >= 0.6 is 12.2 Å². The smallest absolute Gasteiger partial charge is 0.340 e. The van der Waals surface area contributed by atoms with Crippen molar-refractivity contribution in [3.8, 4) is 23.0 Å². The van der Waals surface area contributed by atoms with E-state index in [1.807, 2.05) is 19.9 Å². The van der Waals surface area contributed by atoms with Crippen LogP contribution in [0.4, 0.5) is 5.69 Å². The highest BCUT2D eigenvalue weighted by molar-refractivity contribution is 7.80. The van der Waals surface area contributed by atoms with Crippen molar-refractivity contribution < 1.29 is 34.0 Å². The summed E-state index contributed by atoms with van der Waals surface area (Å²) >= 11 is 5.57. The van der Waals surface area contributed by atoms with Gasteiger partial charge in [0.1, 0.15) is 36.9 Å². The fraction of sp³-hybridized carbons (Fsp3) is 0.310. The maximum absolute atomic E-state index is 13.3. The van der Waals surface area contributed by atoms with Crippen LogP contribution < -0.4 is 15.4 Å². The third-order valence-corrected chi connectivity index (χ3v) is 7.45. The van der Waals surface area contributed by atoms with Crippen molar-refractivity contribution in [2.75, 3.05) is 11.9 Å². The van der Waals surface area contributed by atoms with Crippen LogP contribution in [0.1, 0.15) is 47.3 Å². The maximum Gasteiger partial charge on any atom is 0.340 e. The molecule has 4 N–H and O–H groups in total. The van der Waals surface area contributed by atoms with Gasteiger partial charge in [-0.1, -0.05) is 6.07 Å². The Balaban J connectivity index is 1.30. The van der Waals surface area contributed by atoms with E-state index in [0.717, 1.165) is 0 Å². The molecular weight excluding hydrogens is 531 g/mol. The Labute approximate surface area is 237 Å². The van der Waals surface area contributed by atoms with Gasteiger partial charge >= 0.3 is 5.97 Å². The Bertz CT molecular complexity index is 1460. The average molecular weight is 558 g/mol. The molecule has 3 aromatic carbocycles. The number of nitrogens with one attached hydrogen (secondary N) is 2. The normalized spacial score (nSPS) is 21.8. The molecule has 0 aromatic heterocycles. The molecule has 0 saturated carbocycles. The van der Waals surface area contributed by atoms with Crippen LogP contribution in [0.2, 0.25) is 0 Å². The summed E-state index contributed by atoms with van der Waals surface area (Å²) in [5, 5.41) is 26.9. The van der Waals surface area contributed by atoms with E-state index < -0.39 is 17.6 Å². The summed E-state index contributed by atoms with van der Waals surface area (Å²) in [4.78, 5) is 13.3. The maximum atomic E-state index is 13.3. The second-order valence-corrected chi connectivity index (χ2v) is 10.7. The van der Waals surface area contributed by atoms with Crippen molar-refractivity contribution >= 4 is 36.8 Å². The van der Waals surface area contributed by atoms with Crippen LogP contribution in [0.25, 0.3) is 0 Å². The molecule has 0 aliphatic carbocycles. The highest BCUT2D eigenvalue weighted by atomic mass is 32.1. The zero-order chi connectivity index (χ0) is 28.2. The fourth-order valence-electron chi connectivity index (χ4n) is 5.49. The van der Waals surface area contributed by atoms with Crippen LogP contribution in [-0.2, 0) is 19.8 Å². The first kappa shape index (κ1) is 26.4. The van der Waals surface area contributed by atoms with Crippen molar-refractivity contribution in [3.63, 3.8) is 0 Å². The molecule has 3 aliphatic heterocycles. The van der Waals surface area contributed by atoms with Gasteiger partial charge in [0.15, 0.2) is 10.7 Å². The lowest BCUT2D eigenvalue weighted by atomic mass is 9.77. The summed E-state index contributed by atoms with van der Waals surface area (Å²) in [5.74, 6) is 0.0978. The number of ether oxygens (including phenoxy) is 4. The number of rotatable bonds is 5. The van der Waals surface area contributed by atoms with E-state index in [4.69, 9.17) is 39.0 Å². The predicted molar refractivity (Wildman–Crippen MR) is 151 cm³/mol. The van der Waals surface area contributed by atoms with Gasteiger partial charge in [-0.15, -0.1) is 0 Å². The van der Waals surface area contributed by atoms with Gasteiger partial charge in [-0.3, -0.25) is 0 Å². The third kappa shape index (κ3) is 4.53. The number of phenolic OH excluding ortho intramolecular Hbond substituents is 2. The van der Waals surface area contributed by atoms with Crippen molar-refractivity contribution in [1.82, 2.24) is 5.32 Å². The quantitative estimate of drug-likeness (QED) is 0.208. The zero-order valence-electron chi connectivity index (χ0n) is 21.8. The standard InChI is InChI=1S/C29H27BN2O7S/c1-14(2)36-13-25-22(12-26(30)38-25)32-28(40)31-15-3-6-19-18(9-15)27(35)39-29(19)20-7-4-16(33)10-23(20)37-24-11-17(34)5-8-21(24)29/h3-11,14,22,25-26,33-34H,12-13H2,1-2H3,(H2,31,32,40)/t22?,25-,26-/m1/s1. The Kier molecular flexibility index (Phi) is 6.60. The number of anilines is 1. The average Bonchev–Trinajstić information content (AvgIpc) is 3.38. The van der Waals surface area contributed by atoms with Gasteiger partial charge in [0.2, 0.25) is 0 Å². The SMILES string of the molecule is [B][C@H]1CC(NC(=S)Nc2ccc3c(c2)C(=O)OC32c3ccc(O)cc3Oc3cc(O)ccc32)[C@@H](COC(C)C)O1. The minimum absolute atomic E-state index is 0.00534. The molecule has 11 heteroatoms. The van der Waals surface area contributed by atoms with Gasteiger partial charge in [-0.2, -0.15) is 0 Å². The molecule has 9 nitrogen and oxygen atoms in total. The first-order chi connectivity index (χ1) is 19.1. The summed E-state index contributed by atoms with van der Waals surface area (Å²) in [5.41, 5.74) is 1.33. The van der Waals surface area contributed by atoms with Gasteiger partial charge in [-0.25, -0.2) is 4.79 Å². The van der Waals surface area contributed by atoms with E-state index in [1.165, 1.54) is 24.3 Å². The van der Waals surface area contributed by atoms with Crippen LogP contribution in [0.3, 0.4) is 0 Å². The highest BCUT2D eigenvalue weighted by Crippen LogP contribution is 2.57. The van der Waals surface area contributed by atoms with Crippen molar-refractivity contribution in [2.45, 2.75) is 50.1 Å². The number of carbonyl (C=O) groups excluding carboxylic acids is 1. The van der Waals surface area contributed by atoms with Gasteiger partial charge in [0, 0.05) is 40.5 Å². The van der Waals surface area contributed by atoms with Crippen molar-refractivity contribution in [1.29, 1.82) is 0 Å². The van der Waals surface area contributed by atoms with Crippen LogP contribution in [0.15, 0.2) is 54.6 Å². The number of esters is 1. The summed E-state index contributed by atoms with van der Waals surface area (Å²) in [6.45, 7) is 4.30. The minimum atomic E-state index is -1.32. The molecule has 1 unspecified atom stereocenters. The second-order valence-electron chi connectivity index (χ2n) is 10.3. The van der Waals surface area contributed by atoms with Gasteiger partial charge in [0.25, 0.3) is 0 Å². The molecule has 0 bridgehead atoms. The molecule has 6 rings (SSSR count). The van der Waals surface area contributed by atoms with E-state index in [0.29, 0.717) is 57.6 Å². The topological polar surface area (TPSA) is 119 Å². The molecule has 0 amide bonds. The Morgan fingerprint density at radius 2 is 1.73 bits per heavy atom. The molecule has 3 aromatic rings. The largest absolute Gasteiger partial charge is 0.508 e. The first-order valence-corrected chi connectivity index (χ1v) is 13.4. The number of fused-ring (bicyclic) bond motifs is 6. The minimum Gasteiger partial charge on any atom is -0.508 e. The number of benzene rings is 3. The molecule has 40 heavy (non-hydrogen) atoms. The van der Waals surface area contributed by atoms with E-state index in [-0.39, 0.29) is 29.7 Å². The second kappa shape index (κ2) is 9.99. The Morgan fingerprint density at radius 3 is 2.38 bits per heavy atom. The lowest BCUT2D eigenvalue weighted by molar-refractivity contribution is -0.0208. The Hall–Kier alpha value is -3.80. The van der Waals surface area contributed by atoms with E-state index in [9.17, 15) is 15.0 Å². The van der Waals surface area contributed by atoms with Crippen molar-refractivity contribution in [3.05, 3.63) is 76.9 Å². The monoisotopic (exact) mass is 558 g/mol. The number of phenols is 2. The van der Waals surface area contributed by atoms with Crippen LogP contribution in [0, 0.1) is 0 Å². The number of hydrogen-bond donors (Lipinski definition) is 4. The van der Waals surface area contributed by atoms with Gasteiger partial charge in [0.05, 0.1) is 24.3 Å². The molecule has 3 atom stereocenters. The molecular formula is C29H27BN2O7S. The van der Waals surface area contributed by atoms with Crippen LogP contribution in [-0.4, -0.2) is 60.0 Å². The molecule has 3 heterocycles. The fourth-order valence-corrected chi connectivity index (χ4v) is 5.76. The summed E-state index contributed by atoms with van der Waals surface area (Å²) in [7, 11) is 6.01. The molecule has 204 valence electrons. The molecule has 2 radical (unpaired) electrons. The Morgan fingerprint density at radius 1 is 1.07 bits per heavy atom. The molecule has 3 aliphatic rings. The number of carbonyl (C=O) groups is 1. The van der Waals surface area contributed by atoms with E-state index >= 15 is 0 Å². The number of aromatic hydroxyl groups is 2. The summed E-state index contributed by atoms with van der Waals surface area (Å²) in [6, 6.07) is 14.0. The van der Waals surface area contributed by atoms with Gasteiger partial charge < -0.3 is 39.8 Å². The molecule has 1 spiro atoms. The third-order valence-electron chi connectivity index (χ3n) is 7.23. The summed E-state index contributed by atoms with van der Waals surface area (Å²) < 4.78 is 23.6. The summed E-state index contributed by atoms with van der Waals surface area (Å²) in [6.07, 6.45) is 0.380. The van der Waals surface area contributed by atoms with E-state index in [1.54, 1.807) is 24.3 Å².